The van der Waals surface area contributed by atoms with E-state index in [0.717, 1.165) is 11.3 Å². The zero-order valence-corrected chi connectivity index (χ0v) is 10.5. The molecular weight excluding hydrogens is 259 g/mol. The number of hydrogen-bond acceptors (Lipinski definition) is 4. The van der Waals surface area contributed by atoms with Gasteiger partial charge >= 0.3 is 7.60 Å². The van der Waals surface area contributed by atoms with Crippen LogP contribution in [0.25, 0.3) is 11.3 Å². The van der Waals surface area contributed by atoms with Gasteiger partial charge in [0.05, 0.1) is 5.69 Å². The van der Waals surface area contributed by atoms with Crippen molar-refractivity contribution in [2.45, 2.75) is 0 Å². The van der Waals surface area contributed by atoms with E-state index in [1.54, 1.807) is 0 Å². The molecular formula is C10H11N2O3PS. The van der Waals surface area contributed by atoms with Crippen LogP contribution in [0.2, 0.25) is 0 Å². The van der Waals surface area contributed by atoms with Crippen LogP contribution in [-0.4, -0.2) is 21.1 Å². The van der Waals surface area contributed by atoms with Crippen molar-refractivity contribution >= 4 is 24.1 Å². The van der Waals surface area contributed by atoms with Crippen molar-refractivity contribution in [3.8, 4) is 11.3 Å². The monoisotopic (exact) mass is 270 g/mol. The molecule has 0 aliphatic rings. The molecule has 2 rings (SSSR count). The minimum atomic E-state index is -4.04. The third-order valence-corrected chi connectivity index (χ3v) is 3.38. The lowest BCUT2D eigenvalue weighted by Crippen LogP contribution is -2.01. The molecule has 2 aromatic rings. The molecule has 0 saturated heterocycles. The Morgan fingerprint density at radius 3 is 2.65 bits per heavy atom. The molecule has 1 heterocycles. The number of benzene rings is 1. The van der Waals surface area contributed by atoms with Crippen molar-refractivity contribution in [2.75, 3.05) is 11.6 Å². The van der Waals surface area contributed by atoms with E-state index in [1.807, 2.05) is 35.7 Å². The standard InChI is InChI=1S/C10H11N2O3PS/c13-16(14,15)7-11-10-12-9(6-17-10)8-4-2-1-3-5-8/h1-6H,7H2,(H,11,12)(H2,13,14,15). The van der Waals surface area contributed by atoms with Crippen LogP contribution in [0.4, 0.5) is 5.13 Å². The summed E-state index contributed by atoms with van der Waals surface area (Å²) < 4.78 is 10.7. The highest BCUT2D eigenvalue weighted by Crippen LogP contribution is 2.34. The molecule has 0 radical (unpaired) electrons. The van der Waals surface area contributed by atoms with Gasteiger partial charge in [-0.25, -0.2) is 4.98 Å². The Kier molecular flexibility index (Phi) is 3.59. The maximum atomic E-state index is 10.7. The van der Waals surface area contributed by atoms with Gasteiger partial charge in [0.25, 0.3) is 0 Å². The van der Waals surface area contributed by atoms with Gasteiger partial charge in [-0.3, -0.25) is 4.57 Å². The summed E-state index contributed by atoms with van der Waals surface area (Å²) in [4.78, 5) is 21.7. The molecule has 7 heteroatoms. The number of hydrogen-bond donors (Lipinski definition) is 3. The lowest BCUT2D eigenvalue weighted by molar-refractivity contribution is 0.375. The van der Waals surface area contributed by atoms with Crippen LogP contribution < -0.4 is 5.32 Å². The summed E-state index contributed by atoms with van der Waals surface area (Å²) in [6.45, 7) is 0. The molecule has 17 heavy (non-hydrogen) atoms. The van der Waals surface area contributed by atoms with Crippen LogP contribution in [0.3, 0.4) is 0 Å². The topological polar surface area (TPSA) is 82.5 Å². The number of aromatic nitrogens is 1. The van der Waals surface area contributed by atoms with Crippen LogP contribution in [-0.2, 0) is 4.57 Å². The van der Waals surface area contributed by atoms with Crippen molar-refractivity contribution in [1.29, 1.82) is 0 Å². The zero-order chi connectivity index (χ0) is 12.3. The fraction of sp³-hybridized carbons (Fsp3) is 0.100. The summed E-state index contributed by atoms with van der Waals surface area (Å²) in [5.41, 5.74) is 1.77. The first-order valence-electron chi connectivity index (χ1n) is 4.84. The maximum Gasteiger partial charge on any atom is 0.344 e. The first-order chi connectivity index (χ1) is 8.04. The third kappa shape index (κ3) is 3.64. The Hall–Kier alpha value is -1.20. The summed E-state index contributed by atoms with van der Waals surface area (Å²) in [6.07, 6.45) is -0.394. The van der Waals surface area contributed by atoms with Crippen LogP contribution in [0.5, 0.6) is 0 Å². The minimum absolute atomic E-state index is 0.394. The summed E-state index contributed by atoms with van der Waals surface area (Å²) in [5, 5.41) is 4.97. The number of nitrogens with one attached hydrogen (secondary N) is 1. The molecule has 0 fully saturated rings. The number of anilines is 1. The number of rotatable bonds is 4. The molecule has 0 aliphatic carbocycles. The first-order valence-corrected chi connectivity index (χ1v) is 7.52. The Morgan fingerprint density at radius 2 is 2.00 bits per heavy atom. The van der Waals surface area contributed by atoms with Crippen LogP contribution >= 0.6 is 18.9 Å². The molecule has 1 aromatic heterocycles. The molecule has 0 spiro atoms. The summed E-state index contributed by atoms with van der Waals surface area (Å²) >= 11 is 1.32. The Labute approximate surface area is 102 Å². The highest BCUT2D eigenvalue weighted by atomic mass is 32.1. The zero-order valence-electron chi connectivity index (χ0n) is 8.78. The molecule has 0 bridgehead atoms. The first kappa shape index (κ1) is 12.3. The largest absolute Gasteiger partial charge is 0.350 e. The van der Waals surface area contributed by atoms with E-state index in [9.17, 15) is 4.57 Å². The predicted octanol–water partition coefficient (Wildman–Crippen LogP) is 2.36. The highest BCUT2D eigenvalue weighted by molar-refractivity contribution is 7.51. The van der Waals surface area contributed by atoms with Gasteiger partial charge in [0.1, 0.15) is 6.29 Å². The average molecular weight is 270 g/mol. The van der Waals surface area contributed by atoms with E-state index in [-0.39, 0.29) is 0 Å². The third-order valence-electron chi connectivity index (χ3n) is 2.01. The van der Waals surface area contributed by atoms with Crippen LogP contribution in [0, 0.1) is 0 Å². The average Bonchev–Trinajstić information content (AvgIpc) is 2.75. The highest BCUT2D eigenvalue weighted by Gasteiger charge is 2.13. The smallest absolute Gasteiger partial charge is 0.344 e. The van der Waals surface area contributed by atoms with Crippen molar-refractivity contribution < 1.29 is 14.4 Å². The predicted molar refractivity (Wildman–Crippen MR) is 68.1 cm³/mol. The Morgan fingerprint density at radius 1 is 1.29 bits per heavy atom. The van der Waals surface area contributed by atoms with Gasteiger partial charge in [-0.15, -0.1) is 11.3 Å². The molecule has 3 N–H and O–H groups in total. The molecule has 0 atom stereocenters. The van der Waals surface area contributed by atoms with Crippen molar-refractivity contribution in [1.82, 2.24) is 4.98 Å². The van der Waals surface area contributed by atoms with Gasteiger partial charge < -0.3 is 15.1 Å². The van der Waals surface area contributed by atoms with E-state index in [0.29, 0.717) is 5.13 Å². The van der Waals surface area contributed by atoms with E-state index >= 15 is 0 Å². The normalized spacial score (nSPS) is 11.4. The second-order valence-electron chi connectivity index (χ2n) is 3.40. The minimum Gasteiger partial charge on any atom is -0.350 e. The van der Waals surface area contributed by atoms with Gasteiger partial charge in [0.15, 0.2) is 5.13 Å². The summed E-state index contributed by atoms with van der Waals surface area (Å²) in [6, 6.07) is 9.61. The van der Waals surface area contributed by atoms with Gasteiger partial charge in [0, 0.05) is 10.9 Å². The lowest BCUT2D eigenvalue weighted by Gasteiger charge is -2.03. The van der Waals surface area contributed by atoms with Crippen molar-refractivity contribution in [3.05, 3.63) is 35.7 Å². The fourth-order valence-corrected chi connectivity index (χ4v) is 2.45. The Balaban J connectivity index is 2.09. The van der Waals surface area contributed by atoms with Gasteiger partial charge in [-0.05, 0) is 0 Å². The quantitative estimate of drug-likeness (QED) is 0.743. The summed E-state index contributed by atoms with van der Waals surface area (Å²) in [5.74, 6) is 0. The number of thiazole rings is 1. The maximum absolute atomic E-state index is 10.7. The fourth-order valence-electron chi connectivity index (χ4n) is 1.27. The second kappa shape index (κ2) is 4.98. The SMILES string of the molecule is O=P(O)(O)CNc1nc(-c2ccccc2)cs1. The van der Waals surface area contributed by atoms with E-state index in [1.165, 1.54) is 11.3 Å². The van der Waals surface area contributed by atoms with E-state index in [4.69, 9.17) is 9.79 Å². The van der Waals surface area contributed by atoms with E-state index in [2.05, 4.69) is 10.3 Å². The van der Waals surface area contributed by atoms with Crippen molar-refractivity contribution in [2.24, 2.45) is 0 Å². The van der Waals surface area contributed by atoms with Gasteiger partial charge in [-0.1, -0.05) is 30.3 Å². The molecule has 0 amide bonds. The van der Waals surface area contributed by atoms with Crippen LogP contribution in [0.1, 0.15) is 0 Å². The molecule has 0 saturated carbocycles. The van der Waals surface area contributed by atoms with Crippen molar-refractivity contribution in [3.63, 3.8) is 0 Å². The molecule has 0 aliphatic heterocycles. The summed E-state index contributed by atoms with van der Waals surface area (Å²) in [7, 11) is -4.04. The molecule has 1 aromatic carbocycles. The number of nitrogens with zero attached hydrogens (tertiary/aromatic N) is 1. The lowest BCUT2D eigenvalue weighted by atomic mass is 10.2. The Bertz CT molecular complexity index is 537. The molecule has 5 nitrogen and oxygen atoms in total. The molecule has 90 valence electrons. The van der Waals surface area contributed by atoms with E-state index < -0.39 is 13.9 Å². The molecule has 0 unspecified atom stereocenters. The van der Waals surface area contributed by atoms with Crippen LogP contribution in [0.15, 0.2) is 35.7 Å². The van der Waals surface area contributed by atoms with Gasteiger partial charge in [0.2, 0.25) is 0 Å². The van der Waals surface area contributed by atoms with Gasteiger partial charge in [-0.2, -0.15) is 0 Å². The second-order valence-corrected chi connectivity index (χ2v) is 5.91.